The quantitative estimate of drug-likeness (QED) is 0.835. The van der Waals surface area contributed by atoms with Crippen LogP contribution in [0.1, 0.15) is 31.2 Å². The molecule has 2 rings (SSSR count). The normalized spacial score (nSPS) is 18.3. The first-order valence-electron chi connectivity index (χ1n) is 5.69. The van der Waals surface area contributed by atoms with Gasteiger partial charge >= 0.3 is 0 Å². The summed E-state index contributed by atoms with van der Waals surface area (Å²) in [5.41, 5.74) is 1.11. The van der Waals surface area contributed by atoms with E-state index in [1.165, 1.54) is 0 Å². The third-order valence-electron chi connectivity index (χ3n) is 3.37. The van der Waals surface area contributed by atoms with Crippen molar-refractivity contribution >= 4 is 11.7 Å². The number of carbonyl (C=O) groups excluding carboxylic acids is 1. The van der Waals surface area contributed by atoms with Crippen molar-refractivity contribution in [2.75, 3.05) is 5.32 Å². The molecule has 1 aliphatic carbocycles. The first kappa shape index (κ1) is 11.0. The molecule has 16 heavy (non-hydrogen) atoms. The highest BCUT2D eigenvalue weighted by Gasteiger charge is 2.35. The number of aryl methyl sites for hydroxylation is 1. The molecule has 0 spiro atoms. The Morgan fingerprint density at radius 1 is 1.31 bits per heavy atom. The second kappa shape index (κ2) is 4.16. The predicted octanol–water partition coefficient (Wildman–Crippen LogP) is 1.47. The predicted molar refractivity (Wildman–Crippen MR) is 61.0 cm³/mol. The summed E-state index contributed by atoms with van der Waals surface area (Å²) in [7, 11) is 0. The second-order valence-electron chi connectivity index (χ2n) is 4.52. The molecule has 0 heterocycles. The van der Waals surface area contributed by atoms with Gasteiger partial charge in [-0.15, -0.1) is 0 Å². The number of carboxylic acid groups (broad SMARTS) is 1. The fourth-order valence-electron chi connectivity index (χ4n) is 2.33. The number of benzene rings is 1. The molecule has 0 amide bonds. The van der Waals surface area contributed by atoms with Crippen LogP contribution in [0.5, 0.6) is 0 Å². The maximum Gasteiger partial charge on any atom is 0.0769 e. The first-order chi connectivity index (χ1) is 7.64. The molecule has 0 radical (unpaired) electrons. The molecular formula is C13H16NO2-. The van der Waals surface area contributed by atoms with Crippen LogP contribution in [-0.4, -0.2) is 11.5 Å². The fraction of sp³-hybridized carbons (Fsp3) is 0.462. The van der Waals surface area contributed by atoms with E-state index in [1.807, 2.05) is 31.2 Å². The molecule has 0 unspecified atom stereocenters. The standard InChI is InChI=1S/C13H17NO2/c1-10-6-2-3-7-11(10)14-13(12(15)16)8-4-5-9-13/h2-3,6-7,14H,4-5,8-9H2,1H3,(H,15,16)/p-1. The molecule has 3 nitrogen and oxygen atoms in total. The van der Waals surface area contributed by atoms with E-state index in [0.717, 1.165) is 24.1 Å². The van der Waals surface area contributed by atoms with E-state index in [-0.39, 0.29) is 0 Å². The second-order valence-corrected chi connectivity index (χ2v) is 4.52. The molecule has 0 atom stereocenters. The molecule has 0 saturated heterocycles. The van der Waals surface area contributed by atoms with E-state index in [0.29, 0.717) is 12.8 Å². The Morgan fingerprint density at radius 3 is 2.50 bits per heavy atom. The zero-order valence-electron chi connectivity index (χ0n) is 9.45. The Hall–Kier alpha value is -1.51. The Kier molecular flexibility index (Phi) is 2.86. The largest absolute Gasteiger partial charge is 0.548 e. The number of rotatable bonds is 3. The molecule has 1 aromatic carbocycles. The number of carboxylic acids is 1. The van der Waals surface area contributed by atoms with Gasteiger partial charge in [-0.05, 0) is 31.4 Å². The van der Waals surface area contributed by atoms with Crippen molar-refractivity contribution in [2.45, 2.75) is 38.1 Å². The van der Waals surface area contributed by atoms with Gasteiger partial charge in [-0.1, -0.05) is 31.0 Å². The van der Waals surface area contributed by atoms with Gasteiger partial charge in [-0.25, -0.2) is 0 Å². The molecule has 1 saturated carbocycles. The van der Waals surface area contributed by atoms with Crippen LogP contribution in [0, 0.1) is 6.92 Å². The monoisotopic (exact) mass is 218 g/mol. The summed E-state index contributed by atoms with van der Waals surface area (Å²) in [6.45, 7) is 1.97. The van der Waals surface area contributed by atoms with Crippen molar-refractivity contribution in [1.82, 2.24) is 0 Å². The maximum atomic E-state index is 11.3. The third kappa shape index (κ3) is 1.90. The average Bonchev–Trinajstić information content (AvgIpc) is 2.71. The van der Waals surface area contributed by atoms with Crippen LogP contribution in [0.2, 0.25) is 0 Å². The lowest BCUT2D eigenvalue weighted by Crippen LogP contribution is -2.52. The highest BCUT2D eigenvalue weighted by atomic mass is 16.4. The minimum Gasteiger partial charge on any atom is -0.548 e. The lowest BCUT2D eigenvalue weighted by molar-refractivity contribution is -0.311. The van der Waals surface area contributed by atoms with Crippen LogP contribution in [0.4, 0.5) is 5.69 Å². The van der Waals surface area contributed by atoms with Crippen LogP contribution >= 0.6 is 0 Å². The number of hydrogen-bond acceptors (Lipinski definition) is 3. The zero-order chi connectivity index (χ0) is 11.6. The van der Waals surface area contributed by atoms with Crippen molar-refractivity contribution in [3.8, 4) is 0 Å². The minimum atomic E-state index is -0.978. The molecule has 0 aromatic heterocycles. The molecule has 0 aliphatic heterocycles. The van der Waals surface area contributed by atoms with Gasteiger partial charge < -0.3 is 15.2 Å². The molecule has 86 valence electrons. The van der Waals surface area contributed by atoms with E-state index in [4.69, 9.17) is 0 Å². The third-order valence-corrected chi connectivity index (χ3v) is 3.37. The summed E-state index contributed by atoms with van der Waals surface area (Å²) in [5.74, 6) is -0.978. The molecule has 0 bridgehead atoms. The summed E-state index contributed by atoms with van der Waals surface area (Å²) >= 11 is 0. The highest BCUT2D eigenvalue weighted by Crippen LogP contribution is 2.33. The van der Waals surface area contributed by atoms with Crippen LogP contribution in [0.3, 0.4) is 0 Å². The summed E-state index contributed by atoms with van der Waals surface area (Å²) in [5, 5.41) is 14.4. The number of hydrogen-bond donors (Lipinski definition) is 1. The number of para-hydroxylation sites is 1. The van der Waals surface area contributed by atoms with E-state index in [9.17, 15) is 9.90 Å². The molecule has 1 aliphatic rings. The molecular weight excluding hydrogens is 202 g/mol. The molecule has 3 heteroatoms. The Bertz CT molecular complexity index is 395. The molecule has 1 fully saturated rings. The minimum absolute atomic E-state index is 0.656. The van der Waals surface area contributed by atoms with Gasteiger partial charge in [0.25, 0.3) is 0 Å². The van der Waals surface area contributed by atoms with E-state index < -0.39 is 11.5 Å². The van der Waals surface area contributed by atoms with Crippen LogP contribution < -0.4 is 10.4 Å². The van der Waals surface area contributed by atoms with Gasteiger partial charge in [0.1, 0.15) is 0 Å². The van der Waals surface area contributed by atoms with E-state index in [2.05, 4.69) is 5.32 Å². The number of nitrogens with one attached hydrogen (secondary N) is 1. The lowest BCUT2D eigenvalue weighted by Gasteiger charge is -2.33. The van der Waals surface area contributed by atoms with Crippen LogP contribution in [0.25, 0.3) is 0 Å². The van der Waals surface area contributed by atoms with Crippen molar-refractivity contribution in [3.05, 3.63) is 29.8 Å². The SMILES string of the molecule is Cc1ccccc1NC1(C(=O)[O-])CCCC1. The van der Waals surface area contributed by atoms with E-state index >= 15 is 0 Å². The fourth-order valence-corrected chi connectivity index (χ4v) is 2.33. The smallest absolute Gasteiger partial charge is 0.0769 e. The van der Waals surface area contributed by atoms with Crippen LogP contribution in [0.15, 0.2) is 24.3 Å². The average molecular weight is 218 g/mol. The van der Waals surface area contributed by atoms with Gasteiger partial charge in [0.15, 0.2) is 0 Å². The Labute approximate surface area is 95.5 Å². The molecule has 1 N–H and O–H groups in total. The first-order valence-corrected chi connectivity index (χ1v) is 5.69. The summed E-state index contributed by atoms with van der Waals surface area (Å²) in [6, 6.07) is 7.74. The van der Waals surface area contributed by atoms with Gasteiger partial charge in [-0.2, -0.15) is 0 Å². The topological polar surface area (TPSA) is 52.2 Å². The summed E-state index contributed by atoms with van der Waals surface area (Å²) < 4.78 is 0. The highest BCUT2D eigenvalue weighted by molar-refractivity contribution is 5.81. The van der Waals surface area contributed by atoms with E-state index in [1.54, 1.807) is 0 Å². The summed E-state index contributed by atoms with van der Waals surface area (Å²) in [4.78, 5) is 11.3. The van der Waals surface area contributed by atoms with Gasteiger partial charge in [0.2, 0.25) is 0 Å². The van der Waals surface area contributed by atoms with Crippen LogP contribution in [-0.2, 0) is 4.79 Å². The zero-order valence-corrected chi connectivity index (χ0v) is 9.45. The van der Waals surface area contributed by atoms with Crippen molar-refractivity contribution < 1.29 is 9.90 Å². The molecule has 1 aromatic rings. The van der Waals surface area contributed by atoms with Gasteiger partial charge in [-0.3, -0.25) is 0 Å². The summed E-state index contributed by atoms with van der Waals surface area (Å²) in [6.07, 6.45) is 3.22. The van der Waals surface area contributed by atoms with Crippen molar-refractivity contribution in [1.29, 1.82) is 0 Å². The lowest BCUT2D eigenvalue weighted by atomic mass is 9.97. The van der Waals surface area contributed by atoms with Gasteiger partial charge in [0.05, 0.1) is 11.5 Å². The van der Waals surface area contributed by atoms with Crippen molar-refractivity contribution in [2.24, 2.45) is 0 Å². The maximum absolute atomic E-state index is 11.3. The number of aliphatic carboxylic acids is 1. The Balaban J connectivity index is 2.25. The number of anilines is 1. The Morgan fingerprint density at radius 2 is 1.94 bits per heavy atom. The van der Waals surface area contributed by atoms with Crippen molar-refractivity contribution in [3.63, 3.8) is 0 Å². The van der Waals surface area contributed by atoms with Gasteiger partial charge in [0, 0.05) is 5.69 Å². The number of carbonyl (C=O) groups is 1.